The molecule has 2 heterocycles. The van der Waals surface area contributed by atoms with E-state index in [1.807, 2.05) is 31.2 Å². The number of nitrogen functional groups attached to an aromatic ring is 1. The van der Waals surface area contributed by atoms with Crippen molar-refractivity contribution in [3.8, 4) is 11.3 Å². The summed E-state index contributed by atoms with van der Waals surface area (Å²) in [5, 5.41) is 12.7. The van der Waals surface area contributed by atoms with Gasteiger partial charge in [0.1, 0.15) is 5.82 Å². The molecule has 1 atom stereocenters. The number of aryl methyl sites for hydroxylation is 1. The second kappa shape index (κ2) is 7.67. The van der Waals surface area contributed by atoms with Crippen molar-refractivity contribution in [2.75, 3.05) is 48.8 Å². The number of hydrogen-bond acceptors (Lipinski definition) is 7. The molecule has 0 radical (unpaired) electrons. The molecule has 0 bridgehead atoms. The molecule has 1 saturated heterocycles. The SMILES string of the molecule is Cc1ccc(N)cc1-c1cc(NCC(C)O)nc(N2CCOCC2)n1. The third-order valence-corrected chi connectivity index (χ3v) is 4.12. The highest BCUT2D eigenvalue weighted by Gasteiger charge is 2.17. The Kier molecular flexibility index (Phi) is 5.35. The first-order chi connectivity index (χ1) is 12.0. The van der Waals surface area contributed by atoms with E-state index < -0.39 is 6.10 Å². The Bertz CT molecular complexity index is 729. The third-order valence-electron chi connectivity index (χ3n) is 4.12. The van der Waals surface area contributed by atoms with E-state index in [9.17, 15) is 5.11 Å². The number of anilines is 3. The summed E-state index contributed by atoms with van der Waals surface area (Å²) in [6.07, 6.45) is -0.459. The van der Waals surface area contributed by atoms with Crippen LogP contribution in [0.5, 0.6) is 0 Å². The molecular weight excluding hydrogens is 318 g/mol. The molecule has 1 aromatic heterocycles. The molecule has 1 fully saturated rings. The molecule has 1 aliphatic heterocycles. The highest BCUT2D eigenvalue weighted by Crippen LogP contribution is 2.27. The highest BCUT2D eigenvalue weighted by molar-refractivity contribution is 5.71. The van der Waals surface area contributed by atoms with Gasteiger partial charge in [0.25, 0.3) is 0 Å². The molecule has 1 aromatic carbocycles. The molecule has 3 rings (SSSR count). The molecule has 2 aromatic rings. The Morgan fingerprint density at radius 2 is 2.04 bits per heavy atom. The van der Waals surface area contributed by atoms with Crippen molar-refractivity contribution >= 4 is 17.5 Å². The van der Waals surface area contributed by atoms with Crippen molar-refractivity contribution in [1.82, 2.24) is 9.97 Å². The van der Waals surface area contributed by atoms with Gasteiger partial charge in [0, 0.05) is 37.0 Å². The van der Waals surface area contributed by atoms with Crippen molar-refractivity contribution in [3.63, 3.8) is 0 Å². The van der Waals surface area contributed by atoms with Crippen molar-refractivity contribution < 1.29 is 9.84 Å². The zero-order chi connectivity index (χ0) is 17.8. The first-order valence-electron chi connectivity index (χ1n) is 8.53. The van der Waals surface area contributed by atoms with Gasteiger partial charge in [-0.25, -0.2) is 4.98 Å². The Morgan fingerprint density at radius 1 is 1.28 bits per heavy atom. The van der Waals surface area contributed by atoms with Gasteiger partial charge in [-0.15, -0.1) is 0 Å². The number of morpholine rings is 1. The van der Waals surface area contributed by atoms with Crippen molar-refractivity contribution in [2.24, 2.45) is 0 Å². The highest BCUT2D eigenvalue weighted by atomic mass is 16.5. The summed E-state index contributed by atoms with van der Waals surface area (Å²) < 4.78 is 5.42. The molecule has 7 nitrogen and oxygen atoms in total. The molecule has 7 heteroatoms. The summed E-state index contributed by atoms with van der Waals surface area (Å²) >= 11 is 0. The maximum Gasteiger partial charge on any atom is 0.228 e. The van der Waals surface area contributed by atoms with Gasteiger partial charge < -0.3 is 25.8 Å². The smallest absolute Gasteiger partial charge is 0.228 e. The van der Waals surface area contributed by atoms with Crippen LogP contribution >= 0.6 is 0 Å². The molecule has 0 saturated carbocycles. The van der Waals surface area contributed by atoms with Gasteiger partial charge in [-0.2, -0.15) is 4.98 Å². The number of benzene rings is 1. The lowest BCUT2D eigenvalue weighted by molar-refractivity contribution is 0.122. The third kappa shape index (κ3) is 4.37. The van der Waals surface area contributed by atoms with E-state index in [-0.39, 0.29) is 0 Å². The van der Waals surface area contributed by atoms with Crippen LogP contribution in [0.2, 0.25) is 0 Å². The molecule has 0 spiro atoms. The normalized spacial score (nSPS) is 15.9. The molecular formula is C18H25N5O2. The summed E-state index contributed by atoms with van der Waals surface area (Å²) in [6.45, 7) is 7.05. The van der Waals surface area contributed by atoms with Gasteiger partial charge in [-0.1, -0.05) is 6.07 Å². The maximum absolute atomic E-state index is 9.55. The molecule has 1 aliphatic rings. The summed E-state index contributed by atoms with van der Waals surface area (Å²) in [4.78, 5) is 11.5. The minimum absolute atomic E-state index is 0.426. The van der Waals surface area contributed by atoms with Crippen LogP contribution in [0.4, 0.5) is 17.5 Å². The van der Waals surface area contributed by atoms with Crippen LogP contribution in [0.25, 0.3) is 11.3 Å². The van der Waals surface area contributed by atoms with E-state index in [1.165, 1.54) is 0 Å². The molecule has 25 heavy (non-hydrogen) atoms. The number of nitrogens with one attached hydrogen (secondary N) is 1. The standard InChI is InChI=1S/C18H25N5O2/c1-12-3-4-14(19)9-15(12)16-10-17(20-11-13(2)24)22-18(21-16)23-5-7-25-8-6-23/h3-4,9-10,13,24H,5-8,11,19H2,1-2H3,(H,20,21,22). The number of aromatic nitrogens is 2. The van der Waals surface area contributed by atoms with E-state index in [0.29, 0.717) is 37.2 Å². The zero-order valence-electron chi connectivity index (χ0n) is 14.7. The van der Waals surface area contributed by atoms with Gasteiger partial charge in [0.2, 0.25) is 5.95 Å². The van der Waals surface area contributed by atoms with Crippen LogP contribution in [0.15, 0.2) is 24.3 Å². The Morgan fingerprint density at radius 3 is 2.76 bits per heavy atom. The second-order valence-electron chi connectivity index (χ2n) is 6.34. The number of aliphatic hydroxyl groups excluding tert-OH is 1. The van der Waals surface area contributed by atoms with Crippen molar-refractivity contribution in [3.05, 3.63) is 29.8 Å². The maximum atomic E-state index is 9.55. The molecule has 0 aliphatic carbocycles. The lowest BCUT2D eigenvalue weighted by Crippen LogP contribution is -2.37. The fourth-order valence-electron chi connectivity index (χ4n) is 2.74. The van der Waals surface area contributed by atoms with Crippen LogP contribution in [-0.4, -0.2) is 54.0 Å². The quantitative estimate of drug-likeness (QED) is 0.711. The average molecular weight is 343 g/mol. The van der Waals surface area contributed by atoms with Crippen molar-refractivity contribution in [1.29, 1.82) is 0 Å². The zero-order valence-corrected chi connectivity index (χ0v) is 14.7. The minimum Gasteiger partial charge on any atom is -0.399 e. The summed E-state index contributed by atoms with van der Waals surface area (Å²) in [7, 11) is 0. The predicted octanol–water partition coefficient (Wildman–Crippen LogP) is 1.66. The second-order valence-corrected chi connectivity index (χ2v) is 6.34. The first kappa shape index (κ1) is 17.4. The van der Waals surface area contributed by atoms with Gasteiger partial charge in [0.05, 0.1) is 25.0 Å². The largest absolute Gasteiger partial charge is 0.399 e. The number of nitrogens with zero attached hydrogens (tertiary/aromatic N) is 3. The predicted molar refractivity (Wildman–Crippen MR) is 99.8 cm³/mol. The van der Waals surface area contributed by atoms with Gasteiger partial charge >= 0.3 is 0 Å². The molecule has 4 N–H and O–H groups in total. The minimum atomic E-state index is -0.459. The Hall–Kier alpha value is -2.38. The Labute approximate surface area is 147 Å². The van der Waals surface area contributed by atoms with Crippen LogP contribution in [0.1, 0.15) is 12.5 Å². The van der Waals surface area contributed by atoms with Crippen LogP contribution in [0.3, 0.4) is 0 Å². The molecule has 0 amide bonds. The van der Waals surface area contributed by atoms with E-state index in [4.69, 9.17) is 15.5 Å². The number of nitrogens with two attached hydrogens (primary N) is 1. The lowest BCUT2D eigenvalue weighted by atomic mass is 10.0. The topological polar surface area (TPSA) is 96.5 Å². The fourth-order valence-corrected chi connectivity index (χ4v) is 2.74. The summed E-state index contributed by atoms with van der Waals surface area (Å²) in [5.74, 6) is 1.35. The van der Waals surface area contributed by atoms with E-state index in [2.05, 4.69) is 15.2 Å². The number of rotatable bonds is 5. The first-order valence-corrected chi connectivity index (χ1v) is 8.53. The van der Waals surface area contributed by atoms with Gasteiger partial charge in [-0.05, 0) is 31.5 Å². The monoisotopic (exact) mass is 343 g/mol. The molecule has 1 unspecified atom stereocenters. The fraction of sp³-hybridized carbons (Fsp3) is 0.444. The van der Waals surface area contributed by atoms with E-state index in [1.54, 1.807) is 6.92 Å². The summed E-state index contributed by atoms with van der Waals surface area (Å²) in [5.41, 5.74) is 9.56. The van der Waals surface area contributed by atoms with Crippen LogP contribution in [-0.2, 0) is 4.74 Å². The van der Waals surface area contributed by atoms with Gasteiger partial charge in [-0.3, -0.25) is 0 Å². The van der Waals surface area contributed by atoms with E-state index >= 15 is 0 Å². The number of aliphatic hydroxyl groups is 1. The number of ether oxygens (including phenoxy) is 1. The van der Waals surface area contributed by atoms with Crippen molar-refractivity contribution in [2.45, 2.75) is 20.0 Å². The molecule has 134 valence electrons. The number of hydrogen-bond donors (Lipinski definition) is 3. The van der Waals surface area contributed by atoms with E-state index in [0.717, 1.165) is 29.9 Å². The van der Waals surface area contributed by atoms with Crippen LogP contribution < -0.4 is 16.0 Å². The van der Waals surface area contributed by atoms with Crippen LogP contribution in [0, 0.1) is 6.92 Å². The Balaban J connectivity index is 2.00. The lowest BCUT2D eigenvalue weighted by Gasteiger charge is -2.27. The average Bonchev–Trinajstić information content (AvgIpc) is 2.62. The summed E-state index contributed by atoms with van der Waals surface area (Å²) in [6, 6.07) is 7.70. The van der Waals surface area contributed by atoms with Gasteiger partial charge in [0.15, 0.2) is 0 Å².